The van der Waals surface area contributed by atoms with Crippen LogP contribution in [-0.4, -0.2) is 49.8 Å². The molecule has 1 aliphatic carbocycles. The van der Waals surface area contributed by atoms with Crippen LogP contribution in [-0.2, 0) is 11.2 Å². The van der Waals surface area contributed by atoms with Crippen LogP contribution < -0.4 is 0 Å². The number of fused-ring (bicyclic) bond motifs is 3. The summed E-state index contributed by atoms with van der Waals surface area (Å²) in [6.07, 6.45) is 6.36. The summed E-state index contributed by atoms with van der Waals surface area (Å²) in [6.45, 7) is 3.23. The van der Waals surface area contributed by atoms with Gasteiger partial charge in [0.05, 0.1) is 42.5 Å². The van der Waals surface area contributed by atoms with Crippen LogP contribution in [0.2, 0.25) is 0 Å². The number of piperidine rings is 1. The molecule has 1 spiro atoms. The number of nitrogens with zero attached hydrogens (tertiary/aromatic N) is 4. The van der Waals surface area contributed by atoms with E-state index in [4.69, 9.17) is 4.52 Å². The van der Waals surface area contributed by atoms with Crippen molar-refractivity contribution in [3.05, 3.63) is 59.9 Å². The molecule has 0 radical (unpaired) electrons. The summed E-state index contributed by atoms with van der Waals surface area (Å²) in [5.74, 6) is 0.864. The molecule has 2 aliphatic heterocycles. The first-order chi connectivity index (χ1) is 15.1. The summed E-state index contributed by atoms with van der Waals surface area (Å²) in [5.41, 5.74) is 4.35. The van der Waals surface area contributed by atoms with E-state index in [-0.39, 0.29) is 35.8 Å². The van der Waals surface area contributed by atoms with Crippen molar-refractivity contribution in [1.82, 2.24) is 19.6 Å². The van der Waals surface area contributed by atoms with Gasteiger partial charge in [-0.25, -0.2) is 4.98 Å². The molecule has 7 heteroatoms. The zero-order valence-electron chi connectivity index (χ0n) is 17.6. The highest BCUT2D eigenvalue weighted by Gasteiger charge is 2.58. The van der Waals surface area contributed by atoms with Crippen LogP contribution in [0.25, 0.3) is 11.3 Å². The van der Waals surface area contributed by atoms with E-state index >= 15 is 0 Å². The van der Waals surface area contributed by atoms with Crippen LogP contribution in [0.1, 0.15) is 42.3 Å². The lowest BCUT2D eigenvalue weighted by atomic mass is 9.53. The van der Waals surface area contributed by atoms with E-state index in [2.05, 4.69) is 39.0 Å². The highest BCUT2D eigenvalue weighted by Crippen LogP contribution is 2.59. The van der Waals surface area contributed by atoms with Crippen molar-refractivity contribution in [2.24, 2.45) is 11.3 Å². The van der Waals surface area contributed by atoms with Gasteiger partial charge in [0, 0.05) is 36.1 Å². The van der Waals surface area contributed by atoms with Crippen LogP contribution in [0.3, 0.4) is 0 Å². The highest BCUT2D eigenvalue weighted by molar-refractivity contribution is 5.78. The molecule has 160 valence electrons. The van der Waals surface area contributed by atoms with Crippen LogP contribution in [0.4, 0.5) is 0 Å². The van der Waals surface area contributed by atoms with Crippen LogP contribution >= 0.6 is 0 Å². The third kappa shape index (κ3) is 2.79. The minimum atomic E-state index is -0.368. The van der Waals surface area contributed by atoms with Gasteiger partial charge < -0.3 is 19.1 Å². The van der Waals surface area contributed by atoms with Crippen molar-refractivity contribution in [3.8, 4) is 11.3 Å². The monoisotopic (exact) mass is 418 g/mol. The van der Waals surface area contributed by atoms with Gasteiger partial charge in [-0.05, 0) is 31.7 Å². The van der Waals surface area contributed by atoms with E-state index < -0.39 is 0 Å². The Morgan fingerprint density at radius 2 is 2.10 bits per heavy atom. The molecule has 3 aliphatic rings. The van der Waals surface area contributed by atoms with E-state index in [1.54, 1.807) is 0 Å². The molecule has 7 nitrogen and oxygen atoms in total. The molecular formula is C24H26N4O3. The largest absolute Gasteiger partial charge is 0.392 e. The number of hydrogen-bond donors (Lipinski definition) is 1. The Labute approximate surface area is 180 Å². The number of likely N-dealkylation sites (tertiary alicyclic amines) is 1. The average molecular weight is 418 g/mol. The Morgan fingerprint density at radius 1 is 1.29 bits per heavy atom. The molecule has 0 bridgehead atoms. The average Bonchev–Trinajstić information content (AvgIpc) is 3.49. The van der Waals surface area contributed by atoms with Crippen LogP contribution in [0, 0.1) is 18.3 Å². The number of carbonyl (C=O) groups is 1. The fourth-order valence-electron chi connectivity index (χ4n) is 6.05. The van der Waals surface area contributed by atoms with Crippen molar-refractivity contribution in [3.63, 3.8) is 0 Å². The number of rotatable bonds is 3. The normalized spacial score (nSPS) is 25.9. The summed E-state index contributed by atoms with van der Waals surface area (Å²) in [6, 6.07) is 10.4. The summed E-state index contributed by atoms with van der Waals surface area (Å²) in [5, 5.41) is 15.2. The maximum atomic E-state index is 12.7. The summed E-state index contributed by atoms with van der Waals surface area (Å²) in [4.78, 5) is 18.9. The number of aromatic nitrogens is 3. The highest BCUT2D eigenvalue weighted by atomic mass is 16.5. The molecule has 1 amide bonds. The fourth-order valence-corrected chi connectivity index (χ4v) is 6.05. The van der Waals surface area contributed by atoms with Gasteiger partial charge in [0.25, 0.3) is 0 Å². The first-order valence-electron chi connectivity index (χ1n) is 11.0. The minimum absolute atomic E-state index is 0.0733. The zero-order chi connectivity index (χ0) is 21.2. The van der Waals surface area contributed by atoms with Crippen molar-refractivity contribution < 1.29 is 14.4 Å². The van der Waals surface area contributed by atoms with Gasteiger partial charge in [0.2, 0.25) is 5.91 Å². The second kappa shape index (κ2) is 6.79. The Balaban J connectivity index is 1.14. The molecule has 3 unspecified atom stereocenters. The maximum absolute atomic E-state index is 12.7. The molecule has 31 heavy (non-hydrogen) atoms. The second-order valence-electron chi connectivity index (χ2n) is 9.39. The van der Waals surface area contributed by atoms with Crippen molar-refractivity contribution >= 4 is 5.91 Å². The number of carbonyl (C=O) groups excluding carboxylic acids is 1. The topological polar surface area (TPSA) is 84.4 Å². The van der Waals surface area contributed by atoms with E-state index in [1.807, 2.05) is 30.4 Å². The van der Waals surface area contributed by atoms with Gasteiger partial charge in [-0.1, -0.05) is 29.4 Å². The zero-order valence-corrected chi connectivity index (χ0v) is 17.6. The van der Waals surface area contributed by atoms with E-state index in [9.17, 15) is 9.90 Å². The summed E-state index contributed by atoms with van der Waals surface area (Å²) >= 11 is 0. The second-order valence-corrected chi connectivity index (χ2v) is 9.39. The third-order valence-corrected chi connectivity index (χ3v) is 7.72. The smallest absolute Gasteiger partial charge is 0.230 e. The predicted molar refractivity (Wildman–Crippen MR) is 113 cm³/mol. The number of aliphatic hydroxyl groups excluding tert-OH is 1. The van der Waals surface area contributed by atoms with Gasteiger partial charge in [-0.15, -0.1) is 0 Å². The number of benzene rings is 1. The number of aliphatic hydroxyl groups is 1. The molecular weight excluding hydrogens is 392 g/mol. The molecule has 1 aromatic carbocycles. The molecule has 6 rings (SSSR count). The number of amides is 1. The summed E-state index contributed by atoms with van der Waals surface area (Å²) < 4.78 is 7.42. The van der Waals surface area contributed by atoms with Crippen molar-refractivity contribution in [1.29, 1.82) is 0 Å². The Bertz CT molecular complexity index is 1140. The van der Waals surface area contributed by atoms with Gasteiger partial charge in [-0.2, -0.15) is 0 Å². The van der Waals surface area contributed by atoms with Crippen LogP contribution in [0.15, 0.2) is 47.4 Å². The predicted octanol–water partition coefficient (Wildman–Crippen LogP) is 2.98. The van der Waals surface area contributed by atoms with E-state index in [1.165, 1.54) is 11.1 Å². The SMILES string of the molecule is Cc1cc(CC(=O)N2CCC3(CC2)CC(C2c4ccccc4-c4cncn42)C3O)on1. The molecule has 4 heterocycles. The molecule has 3 atom stereocenters. The first kappa shape index (κ1) is 18.8. The summed E-state index contributed by atoms with van der Waals surface area (Å²) in [7, 11) is 0. The van der Waals surface area contributed by atoms with Crippen molar-refractivity contribution in [2.75, 3.05) is 13.1 Å². The standard InChI is InChI=1S/C24H26N4O3/c1-15-10-16(31-26-15)11-21(29)27-8-6-24(7-9-27)12-19(23(24)30)22-18-5-3-2-4-17(18)20-13-25-14-28(20)22/h2-5,10,13-14,19,22-23,30H,6-9,11-12H2,1H3. The Morgan fingerprint density at radius 3 is 2.84 bits per heavy atom. The molecule has 3 aromatic rings. The quantitative estimate of drug-likeness (QED) is 0.707. The fraction of sp³-hybridized carbons (Fsp3) is 0.458. The lowest BCUT2D eigenvalue weighted by Crippen LogP contribution is -2.60. The number of imidazole rings is 1. The number of aryl methyl sites for hydroxylation is 1. The van der Waals surface area contributed by atoms with E-state index in [0.717, 1.165) is 30.7 Å². The van der Waals surface area contributed by atoms with Gasteiger partial charge in [0.1, 0.15) is 5.76 Å². The maximum Gasteiger partial charge on any atom is 0.230 e. The molecule has 1 saturated carbocycles. The molecule has 2 aromatic heterocycles. The molecule has 2 fully saturated rings. The first-order valence-corrected chi connectivity index (χ1v) is 11.0. The van der Waals surface area contributed by atoms with Gasteiger partial charge in [-0.3, -0.25) is 4.79 Å². The Kier molecular flexibility index (Phi) is 4.12. The third-order valence-electron chi connectivity index (χ3n) is 7.72. The lowest BCUT2D eigenvalue weighted by molar-refractivity contribution is -0.164. The Hall–Kier alpha value is -2.93. The van der Waals surface area contributed by atoms with Crippen molar-refractivity contribution in [2.45, 2.75) is 44.8 Å². The van der Waals surface area contributed by atoms with Gasteiger partial charge >= 0.3 is 0 Å². The molecule has 1 N–H and O–H groups in total. The van der Waals surface area contributed by atoms with Crippen LogP contribution in [0.5, 0.6) is 0 Å². The van der Waals surface area contributed by atoms with E-state index in [0.29, 0.717) is 18.8 Å². The molecule has 1 saturated heterocycles. The minimum Gasteiger partial charge on any atom is -0.392 e. The lowest BCUT2D eigenvalue weighted by Gasteiger charge is -2.58. The van der Waals surface area contributed by atoms with Gasteiger partial charge in [0.15, 0.2) is 0 Å². The number of hydrogen-bond acceptors (Lipinski definition) is 5.